The number of hydrogen-bond donors (Lipinski definition) is 2. The number of rotatable bonds is 81. The van der Waals surface area contributed by atoms with E-state index in [-0.39, 0.29) is 38.6 Å². The molecule has 0 aliphatic carbocycles. The average Bonchev–Trinajstić information content (AvgIpc) is 1.35. The van der Waals surface area contributed by atoms with Crippen LogP contribution in [0, 0.1) is 0 Å². The molecule has 0 fully saturated rings. The van der Waals surface area contributed by atoms with E-state index in [1.807, 2.05) is 0 Å². The van der Waals surface area contributed by atoms with Crippen molar-refractivity contribution in [2.24, 2.45) is 5.73 Å². The quantitative estimate of drug-likeness (QED) is 0.0264. The summed E-state index contributed by atoms with van der Waals surface area (Å²) in [6.07, 6.45) is 116. The lowest BCUT2D eigenvalue weighted by Crippen LogP contribution is -2.29. The van der Waals surface area contributed by atoms with Crippen molar-refractivity contribution in [3.63, 3.8) is 0 Å². The van der Waals surface area contributed by atoms with Crippen molar-refractivity contribution in [2.45, 2.75) is 431 Å². The van der Waals surface area contributed by atoms with E-state index in [4.69, 9.17) is 24.3 Å². The predicted octanol–water partition coefficient (Wildman–Crippen LogP) is 29.0. The van der Waals surface area contributed by atoms with Crippen LogP contribution in [0.2, 0.25) is 0 Å². The fraction of sp³-hybridized carbons (Fsp3) is 0.798. The molecule has 0 heterocycles. The first kappa shape index (κ1) is 95.9. The van der Waals surface area contributed by atoms with Crippen LogP contribution in [0.3, 0.4) is 0 Å². The predicted molar refractivity (Wildman–Crippen MR) is 432 cm³/mol. The van der Waals surface area contributed by atoms with Gasteiger partial charge in [0.2, 0.25) is 0 Å². The topological polar surface area (TPSA) is 134 Å². The maximum absolute atomic E-state index is 12.8. The van der Waals surface area contributed by atoms with Crippen molar-refractivity contribution in [1.29, 1.82) is 0 Å². The Morgan fingerprint density at radius 3 is 0.838 bits per heavy atom. The van der Waals surface area contributed by atoms with Gasteiger partial charge in [-0.25, -0.2) is 4.57 Å². The lowest BCUT2D eigenvalue weighted by Gasteiger charge is -2.19. The van der Waals surface area contributed by atoms with Crippen molar-refractivity contribution in [3.05, 3.63) is 97.2 Å². The van der Waals surface area contributed by atoms with E-state index in [2.05, 4.69) is 111 Å². The first-order valence-electron chi connectivity index (χ1n) is 42.7. The molecule has 0 aliphatic heterocycles. The molecule has 0 aromatic carbocycles. The lowest BCUT2D eigenvalue weighted by atomic mass is 10.0. The van der Waals surface area contributed by atoms with E-state index in [0.29, 0.717) is 6.42 Å². The molecule has 0 saturated heterocycles. The van der Waals surface area contributed by atoms with Gasteiger partial charge in [-0.1, -0.05) is 413 Å². The molecule has 0 saturated carbocycles. The molecule has 2 unspecified atom stereocenters. The van der Waals surface area contributed by atoms with Gasteiger partial charge in [0.15, 0.2) is 6.10 Å². The summed E-state index contributed by atoms with van der Waals surface area (Å²) >= 11 is 0. The third kappa shape index (κ3) is 83.8. The fourth-order valence-electron chi connectivity index (χ4n) is 12.7. The van der Waals surface area contributed by atoms with Gasteiger partial charge in [-0.3, -0.25) is 18.6 Å². The summed E-state index contributed by atoms with van der Waals surface area (Å²) in [5, 5.41) is 0. The van der Waals surface area contributed by atoms with Crippen molar-refractivity contribution in [2.75, 3.05) is 26.4 Å². The van der Waals surface area contributed by atoms with E-state index >= 15 is 0 Å². The summed E-state index contributed by atoms with van der Waals surface area (Å²) in [6, 6.07) is 0. The van der Waals surface area contributed by atoms with Crippen LogP contribution in [0.4, 0.5) is 0 Å². The highest BCUT2D eigenvalue weighted by atomic mass is 31.2. The number of allylic oxidation sites excluding steroid dienone is 16. The molecule has 0 aromatic rings. The lowest BCUT2D eigenvalue weighted by molar-refractivity contribution is -0.161. The van der Waals surface area contributed by atoms with Crippen molar-refractivity contribution in [3.8, 4) is 0 Å². The van der Waals surface area contributed by atoms with Crippen LogP contribution < -0.4 is 5.73 Å². The number of unbranched alkanes of at least 4 members (excludes halogenated alkanes) is 52. The first-order chi connectivity index (χ1) is 48.8. The normalized spacial score (nSPS) is 13.3. The molecule has 10 heteroatoms. The Hall–Kier alpha value is -3.07. The van der Waals surface area contributed by atoms with Gasteiger partial charge < -0.3 is 20.1 Å². The number of esters is 2. The minimum Gasteiger partial charge on any atom is -0.462 e. The number of hydrogen-bond acceptors (Lipinski definition) is 8. The van der Waals surface area contributed by atoms with E-state index in [1.165, 1.54) is 308 Å². The summed E-state index contributed by atoms with van der Waals surface area (Å²) in [6.45, 7) is 3.69. The number of ether oxygens (including phenoxy) is 2. The highest BCUT2D eigenvalue weighted by Crippen LogP contribution is 2.43. The maximum Gasteiger partial charge on any atom is 0.472 e. The summed E-state index contributed by atoms with van der Waals surface area (Å²) in [5.41, 5.74) is 5.42. The first-order valence-corrected chi connectivity index (χ1v) is 44.2. The van der Waals surface area contributed by atoms with Gasteiger partial charge in [0.05, 0.1) is 13.2 Å². The molecule has 0 rings (SSSR count). The van der Waals surface area contributed by atoms with Gasteiger partial charge in [-0.05, 0) is 96.3 Å². The zero-order valence-corrected chi connectivity index (χ0v) is 66.1. The zero-order chi connectivity index (χ0) is 71.5. The Labute approximate surface area is 614 Å². The van der Waals surface area contributed by atoms with E-state index in [1.54, 1.807) is 0 Å². The summed E-state index contributed by atoms with van der Waals surface area (Å²) in [5.74, 6) is -0.808. The molecule has 0 spiro atoms. The molecule has 0 radical (unpaired) electrons. The Bertz CT molecular complexity index is 1950. The summed E-state index contributed by atoms with van der Waals surface area (Å²) in [7, 11) is -4.40. The maximum atomic E-state index is 12.8. The van der Waals surface area contributed by atoms with Crippen LogP contribution in [-0.2, 0) is 32.7 Å². The molecule has 2 atom stereocenters. The van der Waals surface area contributed by atoms with E-state index in [9.17, 15) is 19.0 Å². The van der Waals surface area contributed by atoms with Gasteiger partial charge in [0.1, 0.15) is 6.61 Å². The molecule has 0 amide bonds. The van der Waals surface area contributed by atoms with Crippen molar-refractivity contribution in [1.82, 2.24) is 0 Å². The van der Waals surface area contributed by atoms with Crippen LogP contribution in [0.1, 0.15) is 425 Å². The number of phosphoric acid groups is 1. The van der Waals surface area contributed by atoms with Gasteiger partial charge in [0, 0.05) is 19.4 Å². The third-order valence-electron chi connectivity index (χ3n) is 19.0. The molecular weight excluding hydrogens is 1240 g/mol. The minimum absolute atomic E-state index is 0.0534. The second kappa shape index (κ2) is 83.9. The largest absolute Gasteiger partial charge is 0.472 e. The number of carbonyl (C=O) groups excluding carboxylic acids is 2. The standard InChI is InChI=1S/C89H162NO8P/c1-3-5-7-9-11-13-15-17-19-21-23-25-27-29-31-33-35-37-39-41-43-45-47-49-51-53-55-57-59-61-63-65-67-69-71-73-75-77-79-81-88(91)95-85-87(86-97-99(93,94)96-84-83-90)98-89(92)82-80-78-76-74-72-70-68-66-64-62-60-58-56-54-52-50-48-46-44-42-40-38-36-34-32-30-28-26-24-22-20-18-16-14-12-10-8-6-4-2/h6,8,12,14,18,20-21,23-24,26,30,32,36,38,42,44,87H,3-5,7,9-11,13,15-17,19,22,25,27-29,31,33-35,37,39-41,43,45-86,90H2,1-2H3,(H,93,94)/b8-6-,14-12-,20-18-,23-21-,26-24-,32-30-,38-36-,44-42-. The Kier molecular flexibility index (Phi) is 81.3. The molecule has 9 nitrogen and oxygen atoms in total. The second-order valence-electron chi connectivity index (χ2n) is 28.7. The molecule has 99 heavy (non-hydrogen) atoms. The number of carbonyl (C=O) groups is 2. The minimum atomic E-state index is -4.40. The van der Waals surface area contributed by atoms with Crippen LogP contribution in [0.25, 0.3) is 0 Å². The second-order valence-corrected chi connectivity index (χ2v) is 30.1. The molecule has 3 N–H and O–H groups in total. The van der Waals surface area contributed by atoms with E-state index < -0.39 is 26.5 Å². The SMILES string of the molecule is CC/C=C\C/C=C\C/C=C\C/C=C\C/C=C\C/C=C\C/C=C\CCCCCCCCCCCCCCCCCCCC(=O)OC(COC(=O)CCCCCCCCCCCCCCCCCCCCCCCCCCCCC/C=C\CCCCCCCCCC)COP(=O)(O)OCCN. The summed E-state index contributed by atoms with van der Waals surface area (Å²) < 4.78 is 33.3. The monoisotopic (exact) mass is 1400 g/mol. The molecule has 0 aromatic heterocycles. The molecular formula is C89H162NO8P. The Balaban J connectivity index is 3.76. The Morgan fingerprint density at radius 2 is 0.556 bits per heavy atom. The summed E-state index contributed by atoms with van der Waals surface area (Å²) in [4.78, 5) is 35.5. The van der Waals surface area contributed by atoms with Crippen LogP contribution in [0.5, 0.6) is 0 Å². The molecule has 576 valence electrons. The average molecular weight is 1410 g/mol. The van der Waals surface area contributed by atoms with E-state index in [0.717, 1.165) is 83.5 Å². The van der Waals surface area contributed by atoms with Crippen molar-refractivity contribution < 1.29 is 37.6 Å². The number of phosphoric ester groups is 1. The van der Waals surface area contributed by atoms with Gasteiger partial charge in [0.25, 0.3) is 0 Å². The highest BCUT2D eigenvalue weighted by molar-refractivity contribution is 7.47. The van der Waals surface area contributed by atoms with Crippen LogP contribution >= 0.6 is 7.82 Å². The number of nitrogens with two attached hydrogens (primary N) is 1. The zero-order valence-electron chi connectivity index (χ0n) is 65.2. The smallest absolute Gasteiger partial charge is 0.462 e. The van der Waals surface area contributed by atoms with Gasteiger partial charge >= 0.3 is 19.8 Å². The van der Waals surface area contributed by atoms with Gasteiger partial charge in [-0.2, -0.15) is 0 Å². The third-order valence-corrected chi connectivity index (χ3v) is 19.9. The van der Waals surface area contributed by atoms with Gasteiger partial charge in [-0.15, -0.1) is 0 Å². The fourth-order valence-corrected chi connectivity index (χ4v) is 13.4. The van der Waals surface area contributed by atoms with Crippen molar-refractivity contribution >= 4 is 19.8 Å². The highest BCUT2D eigenvalue weighted by Gasteiger charge is 2.26. The van der Waals surface area contributed by atoms with Crippen LogP contribution in [0.15, 0.2) is 97.2 Å². The molecule has 0 bridgehead atoms. The Morgan fingerprint density at radius 1 is 0.313 bits per heavy atom. The van der Waals surface area contributed by atoms with Crippen LogP contribution in [-0.4, -0.2) is 49.3 Å². The molecule has 0 aliphatic rings.